The van der Waals surface area contributed by atoms with Crippen LogP contribution in [0.25, 0.3) is 0 Å². The molecule has 15 heavy (non-hydrogen) atoms. The van der Waals surface area contributed by atoms with Crippen molar-refractivity contribution in [2.24, 2.45) is 0 Å². The zero-order valence-corrected chi connectivity index (χ0v) is 9.86. The number of thiocarbonyl (C=S) groups is 1. The molecule has 0 fully saturated rings. The molecule has 0 radical (unpaired) electrons. The van der Waals surface area contributed by atoms with Gasteiger partial charge >= 0.3 is 6.09 Å². The predicted molar refractivity (Wildman–Crippen MR) is 65.1 cm³/mol. The highest BCUT2D eigenvalue weighted by molar-refractivity contribution is 8.23. The van der Waals surface area contributed by atoms with Crippen molar-refractivity contribution < 1.29 is 9.53 Å². The van der Waals surface area contributed by atoms with Crippen LogP contribution in [-0.2, 0) is 4.74 Å². The lowest BCUT2D eigenvalue weighted by Crippen LogP contribution is -2.27. The second kappa shape index (κ2) is 6.42. The Hall–Kier alpha value is -1.07. The Bertz CT molecular complexity index is 341. The number of rotatable bonds is 2. The van der Waals surface area contributed by atoms with Gasteiger partial charge in [0.2, 0.25) is 0 Å². The molecule has 0 aliphatic heterocycles. The van der Waals surface area contributed by atoms with E-state index in [4.69, 9.17) is 17.0 Å². The Morgan fingerprint density at radius 2 is 2.13 bits per heavy atom. The van der Waals surface area contributed by atoms with Crippen LogP contribution >= 0.6 is 24.0 Å². The Labute approximate surface area is 98.2 Å². The van der Waals surface area contributed by atoms with Gasteiger partial charge in [-0.15, -0.1) is 0 Å². The minimum atomic E-state index is -0.508. The van der Waals surface area contributed by atoms with E-state index in [0.717, 1.165) is 4.90 Å². The van der Waals surface area contributed by atoms with Crippen LogP contribution in [0.2, 0.25) is 0 Å². The maximum absolute atomic E-state index is 11.0. The SMILES string of the molecule is CCOC(=O)NC(=S)Sc1ccccc1. The first-order valence-corrected chi connectivity index (χ1v) is 5.65. The van der Waals surface area contributed by atoms with Crippen LogP contribution in [0.5, 0.6) is 0 Å². The van der Waals surface area contributed by atoms with Gasteiger partial charge in [0, 0.05) is 4.90 Å². The lowest BCUT2D eigenvalue weighted by molar-refractivity contribution is 0.158. The summed E-state index contributed by atoms with van der Waals surface area (Å²) < 4.78 is 5.09. The van der Waals surface area contributed by atoms with Crippen LogP contribution in [0, 0.1) is 0 Å². The number of nitrogens with one attached hydrogen (secondary N) is 1. The van der Waals surface area contributed by atoms with Crippen molar-refractivity contribution in [2.45, 2.75) is 11.8 Å². The van der Waals surface area contributed by atoms with Gasteiger partial charge in [-0.3, -0.25) is 5.32 Å². The number of hydrogen-bond acceptors (Lipinski definition) is 4. The zero-order chi connectivity index (χ0) is 11.1. The number of thioether (sulfide) groups is 1. The topological polar surface area (TPSA) is 38.3 Å². The maximum Gasteiger partial charge on any atom is 0.412 e. The van der Waals surface area contributed by atoms with E-state index >= 15 is 0 Å². The largest absolute Gasteiger partial charge is 0.450 e. The summed E-state index contributed by atoms with van der Waals surface area (Å²) in [5.74, 6) is 0. The fourth-order valence-electron chi connectivity index (χ4n) is 0.872. The summed E-state index contributed by atoms with van der Waals surface area (Å²) in [7, 11) is 0. The Balaban J connectivity index is 2.40. The lowest BCUT2D eigenvalue weighted by atomic mass is 10.4. The summed E-state index contributed by atoms with van der Waals surface area (Å²) in [6, 6.07) is 9.59. The van der Waals surface area contributed by atoms with Gasteiger partial charge in [0.25, 0.3) is 0 Å². The number of hydrogen-bond donors (Lipinski definition) is 1. The van der Waals surface area contributed by atoms with Crippen molar-refractivity contribution >= 4 is 34.4 Å². The Morgan fingerprint density at radius 3 is 2.73 bits per heavy atom. The molecule has 0 aliphatic rings. The van der Waals surface area contributed by atoms with E-state index in [2.05, 4.69) is 5.32 Å². The molecule has 1 N–H and O–H groups in total. The van der Waals surface area contributed by atoms with Gasteiger partial charge in [-0.2, -0.15) is 0 Å². The van der Waals surface area contributed by atoms with E-state index in [9.17, 15) is 4.79 Å². The predicted octanol–water partition coefficient (Wildman–Crippen LogP) is 2.81. The molecule has 0 aliphatic carbocycles. The van der Waals surface area contributed by atoms with Gasteiger partial charge in [-0.05, 0) is 19.1 Å². The normalized spacial score (nSPS) is 9.40. The molecule has 0 saturated carbocycles. The monoisotopic (exact) mass is 241 g/mol. The number of carbonyl (C=O) groups is 1. The highest BCUT2D eigenvalue weighted by Crippen LogP contribution is 2.17. The zero-order valence-electron chi connectivity index (χ0n) is 8.23. The highest BCUT2D eigenvalue weighted by Gasteiger charge is 2.05. The van der Waals surface area contributed by atoms with Crippen molar-refractivity contribution in [1.29, 1.82) is 0 Å². The molecular formula is C10H11NO2S2. The second-order valence-corrected chi connectivity index (χ2v) is 4.30. The van der Waals surface area contributed by atoms with Gasteiger partial charge in [0.1, 0.15) is 4.32 Å². The molecule has 0 spiro atoms. The quantitative estimate of drug-likeness (QED) is 0.638. The van der Waals surface area contributed by atoms with Gasteiger partial charge < -0.3 is 4.74 Å². The van der Waals surface area contributed by atoms with Gasteiger partial charge in [-0.1, -0.05) is 42.2 Å². The van der Waals surface area contributed by atoms with Crippen molar-refractivity contribution in [3.8, 4) is 0 Å². The molecule has 1 aromatic rings. The molecule has 0 bridgehead atoms. The van der Waals surface area contributed by atoms with Crippen LogP contribution < -0.4 is 5.32 Å². The van der Waals surface area contributed by atoms with Gasteiger partial charge in [0.15, 0.2) is 0 Å². The molecule has 0 aromatic heterocycles. The number of benzene rings is 1. The van der Waals surface area contributed by atoms with Crippen molar-refractivity contribution in [3.05, 3.63) is 30.3 Å². The van der Waals surface area contributed by atoms with Gasteiger partial charge in [-0.25, -0.2) is 4.79 Å². The average Bonchev–Trinajstić information content (AvgIpc) is 2.19. The molecule has 0 atom stereocenters. The van der Waals surface area contributed by atoms with Crippen LogP contribution in [0.3, 0.4) is 0 Å². The molecule has 0 unspecified atom stereocenters. The minimum Gasteiger partial charge on any atom is -0.450 e. The molecule has 1 amide bonds. The average molecular weight is 241 g/mol. The first-order valence-electron chi connectivity index (χ1n) is 4.43. The van der Waals surface area contributed by atoms with E-state index in [1.54, 1.807) is 6.92 Å². The molecule has 0 saturated heterocycles. The van der Waals surface area contributed by atoms with E-state index in [1.807, 2.05) is 30.3 Å². The standard InChI is InChI=1S/C10H11NO2S2/c1-2-13-9(12)11-10(14)15-8-6-4-3-5-7-8/h3-7H,2H2,1H3,(H,11,12,14). The number of ether oxygens (including phenoxy) is 1. The number of carbonyl (C=O) groups excluding carboxylic acids is 1. The smallest absolute Gasteiger partial charge is 0.412 e. The van der Waals surface area contributed by atoms with Crippen molar-refractivity contribution in [3.63, 3.8) is 0 Å². The molecule has 0 heterocycles. The van der Waals surface area contributed by atoms with E-state index in [1.165, 1.54) is 11.8 Å². The third kappa shape index (κ3) is 4.80. The van der Waals surface area contributed by atoms with Crippen molar-refractivity contribution in [2.75, 3.05) is 6.61 Å². The summed E-state index contributed by atoms with van der Waals surface area (Å²) in [4.78, 5) is 12.0. The van der Waals surface area contributed by atoms with Crippen molar-refractivity contribution in [1.82, 2.24) is 5.32 Å². The summed E-state index contributed by atoms with van der Waals surface area (Å²) >= 11 is 6.29. The number of amides is 1. The highest BCUT2D eigenvalue weighted by atomic mass is 32.2. The lowest BCUT2D eigenvalue weighted by Gasteiger charge is -2.05. The third-order valence-corrected chi connectivity index (χ3v) is 2.58. The first-order chi connectivity index (χ1) is 7.22. The fraction of sp³-hybridized carbons (Fsp3) is 0.200. The maximum atomic E-state index is 11.0. The second-order valence-electron chi connectivity index (χ2n) is 2.55. The summed E-state index contributed by atoms with van der Waals surface area (Å²) in [5, 5.41) is 2.46. The van der Waals surface area contributed by atoms with Crippen LogP contribution in [0.1, 0.15) is 6.92 Å². The van der Waals surface area contributed by atoms with Gasteiger partial charge in [0.05, 0.1) is 6.61 Å². The summed E-state index contributed by atoms with van der Waals surface area (Å²) in [5.41, 5.74) is 0. The van der Waals surface area contributed by atoms with E-state index < -0.39 is 6.09 Å². The third-order valence-electron chi connectivity index (χ3n) is 1.43. The Kier molecular flexibility index (Phi) is 5.14. The Morgan fingerprint density at radius 1 is 1.47 bits per heavy atom. The molecule has 80 valence electrons. The molecule has 1 rings (SSSR count). The summed E-state index contributed by atoms with van der Waals surface area (Å²) in [6.07, 6.45) is -0.508. The van der Waals surface area contributed by atoms with E-state index in [0.29, 0.717) is 10.9 Å². The molecule has 1 aromatic carbocycles. The molecule has 5 heteroatoms. The minimum absolute atomic E-state index is 0.338. The number of alkyl carbamates (subject to hydrolysis) is 1. The van der Waals surface area contributed by atoms with E-state index in [-0.39, 0.29) is 0 Å². The van der Waals surface area contributed by atoms with Crippen LogP contribution in [0.15, 0.2) is 35.2 Å². The molecular weight excluding hydrogens is 230 g/mol. The summed E-state index contributed by atoms with van der Waals surface area (Å²) in [6.45, 7) is 2.08. The fourth-order valence-corrected chi connectivity index (χ4v) is 1.89. The van der Waals surface area contributed by atoms with Crippen LogP contribution in [0.4, 0.5) is 4.79 Å². The first kappa shape index (κ1) is 12.0. The molecule has 3 nitrogen and oxygen atoms in total. The van der Waals surface area contributed by atoms with Crippen LogP contribution in [-0.4, -0.2) is 17.0 Å².